The van der Waals surface area contributed by atoms with E-state index in [4.69, 9.17) is 5.73 Å². The highest BCUT2D eigenvalue weighted by molar-refractivity contribution is 7.87. The van der Waals surface area contributed by atoms with Crippen LogP contribution in [0.25, 0.3) is 0 Å². The van der Waals surface area contributed by atoms with Gasteiger partial charge in [-0.1, -0.05) is 12.8 Å². The van der Waals surface area contributed by atoms with E-state index >= 15 is 0 Å². The highest BCUT2D eigenvalue weighted by Crippen LogP contribution is 2.24. The highest BCUT2D eigenvalue weighted by atomic mass is 32.2. The van der Waals surface area contributed by atoms with Crippen molar-refractivity contribution >= 4 is 10.2 Å². The van der Waals surface area contributed by atoms with Gasteiger partial charge in [0.2, 0.25) is 0 Å². The Balaban J connectivity index is 1.90. The Morgan fingerprint density at radius 1 is 1.22 bits per heavy atom. The van der Waals surface area contributed by atoms with Gasteiger partial charge in [-0.2, -0.15) is 12.7 Å². The molecule has 1 aliphatic carbocycles. The third kappa shape index (κ3) is 3.23. The van der Waals surface area contributed by atoms with Crippen LogP contribution in [-0.2, 0) is 10.2 Å². The van der Waals surface area contributed by atoms with Gasteiger partial charge in [0, 0.05) is 25.2 Å². The second-order valence-corrected chi connectivity index (χ2v) is 7.37. The molecule has 1 aliphatic heterocycles. The minimum Gasteiger partial charge on any atom is -0.327 e. The number of rotatable bonds is 4. The summed E-state index contributed by atoms with van der Waals surface area (Å²) in [6.07, 6.45) is 6.23. The summed E-state index contributed by atoms with van der Waals surface area (Å²) in [6, 6.07) is 0.278. The van der Waals surface area contributed by atoms with Crippen LogP contribution in [0.2, 0.25) is 0 Å². The maximum absolute atomic E-state index is 12.2. The van der Waals surface area contributed by atoms with Gasteiger partial charge in [0.05, 0.1) is 0 Å². The normalized spacial score (nSPS) is 34.9. The summed E-state index contributed by atoms with van der Waals surface area (Å²) in [4.78, 5) is 0. The van der Waals surface area contributed by atoms with Crippen LogP contribution in [0, 0.1) is 5.92 Å². The largest absolute Gasteiger partial charge is 0.327 e. The molecule has 18 heavy (non-hydrogen) atoms. The minimum absolute atomic E-state index is 0.119. The van der Waals surface area contributed by atoms with Crippen molar-refractivity contribution in [2.75, 3.05) is 13.1 Å². The topological polar surface area (TPSA) is 75.4 Å². The summed E-state index contributed by atoms with van der Waals surface area (Å²) in [5.41, 5.74) is 5.97. The predicted molar refractivity (Wildman–Crippen MR) is 72.3 cm³/mol. The van der Waals surface area contributed by atoms with Gasteiger partial charge in [-0.3, -0.25) is 0 Å². The van der Waals surface area contributed by atoms with Crippen molar-refractivity contribution in [2.45, 2.75) is 57.5 Å². The van der Waals surface area contributed by atoms with E-state index in [-0.39, 0.29) is 12.1 Å². The van der Waals surface area contributed by atoms with Crippen molar-refractivity contribution in [1.82, 2.24) is 9.03 Å². The van der Waals surface area contributed by atoms with Crippen LogP contribution in [0.5, 0.6) is 0 Å². The van der Waals surface area contributed by atoms with E-state index in [9.17, 15) is 8.42 Å². The van der Waals surface area contributed by atoms with Gasteiger partial charge >= 0.3 is 0 Å². The van der Waals surface area contributed by atoms with Crippen LogP contribution in [-0.4, -0.2) is 37.9 Å². The van der Waals surface area contributed by atoms with E-state index < -0.39 is 10.2 Å². The second-order valence-electron chi connectivity index (χ2n) is 5.66. The summed E-state index contributed by atoms with van der Waals surface area (Å²) in [6.45, 7) is 3.12. The quantitative estimate of drug-likeness (QED) is 0.797. The van der Waals surface area contributed by atoms with Crippen LogP contribution >= 0.6 is 0 Å². The number of piperidine rings is 1. The number of nitrogens with zero attached hydrogens (tertiary/aromatic N) is 1. The Morgan fingerprint density at radius 2 is 2.00 bits per heavy atom. The second kappa shape index (κ2) is 5.86. The van der Waals surface area contributed by atoms with Gasteiger partial charge in [-0.25, -0.2) is 4.72 Å². The maximum Gasteiger partial charge on any atom is 0.279 e. The molecule has 1 heterocycles. The van der Waals surface area contributed by atoms with Gasteiger partial charge in [0.25, 0.3) is 10.2 Å². The van der Waals surface area contributed by atoms with Crippen LogP contribution < -0.4 is 10.5 Å². The lowest BCUT2D eigenvalue weighted by Gasteiger charge is -2.32. The van der Waals surface area contributed by atoms with E-state index in [0.29, 0.717) is 19.0 Å². The third-order valence-electron chi connectivity index (χ3n) is 4.30. The van der Waals surface area contributed by atoms with E-state index in [0.717, 1.165) is 38.5 Å². The molecule has 3 unspecified atom stereocenters. The summed E-state index contributed by atoms with van der Waals surface area (Å²) >= 11 is 0. The van der Waals surface area contributed by atoms with Crippen LogP contribution in [0.3, 0.4) is 0 Å². The molecule has 5 nitrogen and oxygen atoms in total. The number of nitrogens with two attached hydrogens (primary N) is 1. The SMILES string of the molecule is CC1CCCCN1S(=O)(=O)NCC1CCCC1N. The fourth-order valence-electron chi connectivity index (χ4n) is 3.04. The molecule has 0 amide bonds. The first-order valence-corrected chi connectivity index (χ1v) is 8.47. The van der Waals surface area contributed by atoms with Gasteiger partial charge in [-0.15, -0.1) is 0 Å². The van der Waals surface area contributed by atoms with E-state index in [1.165, 1.54) is 0 Å². The average molecular weight is 275 g/mol. The van der Waals surface area contributed by atoms with Crippen molar-refractivity contribution in [2.24, 2.45) is 11.7 Å². The molecule has 3 atom stereocenters. The predicted octanol–water partition coefficient (Wildman–Crippen LogP) is 0.823. The Kier molecular flexibility index (Phi) is 4.64. The molecule has 106 valence electrons. The summed E-state index contributed by atoms with van der Waals surface area (Å²) in [5.74, 6) is 0.305. The molecule has 0 bridgehead atoms. The first-order valence-electron chi connectivity index (χ1n) is 7.03. The molecule has 3 N–H and O–H groups in total. The van der Waals surface area contributed by atoms with Crippen molar-refractivity contribution in [3.8, 4) is 0 Å². The number of hydrogen-bond donors (Lipinski definition) is 2. The van der Waals surface area contributed by atoms with Crippen LogP contribution in [0.4, 0.5) is 0 Å². The molecule has 2 fully saturated rings. The zero-order valence-corrected chi connectivity index (χ0v) is 12.0. The Morgan fingerprint density at radius 3 is 2.61 bits per heavy atom. The van der Waals surface area contributed by atoms with Crippen molar-refractivity contribution in [3.05, 3.63) is 0 Å². The first-order chi connectivity index (χ1) is 8.50. The van der Waals surface area contributed by atoms with Gasteiger partial charge in [0.15, 0.2) is 0 Å². The van der Waals surface area contributed by atoms with Crippen LogP contribution in [0.1, 0.15) is 45.4 Å². The summed E-state index contributed by atoms with van der Waals surface area (Å²) in [5, 5.41) is 0. The van der Waals surface area contributed by atoms with Crippen molar-refractivity contribution < 1.29 is 8.42 Å². The molecule has 2 aliphatic rings. The zero-order valence-electron chi connectivity index (χ0n) is 11.1. The Hall–Kier alpha value is -0.170. The number of nitrogens with one attached hydrogen (secondary N) is 1. The summed E-state index contributed by atoms with van der Waals surface area (Å²) in [7, 11) is -3.32. The summed E-state index contributed by atoms with van der Waals surface area (Å²) < 4.78 is 28.8. The lowest BCUT2D eigenvalue weighted by molar-refractivity contribution is 0.264. The smallest absolute Gasteiger partial charge is 0.279 e. The van der Waals surface area contributed by atoms with Crippen LogP contribution in [0.15, 0.2) is 0 Å². The van der Waals surface area contributed by atoms with E-state index in [1.807, 2.05) is 6.92 Å². The molecule has 0 aromatic carbocycles. The van der Waals surface area contributed by atoms with Crippen molar-refractivity contribution in [3.63, 3.8) is 0 Å². The van der Waals surface area contributed by atoms with Gasteiger partial charge in [0.1, 0.15) is 0 Å². The van der Waals surface area contributed by atoms with E-state index in [1.54, 1.807) is 4.31 Å². The molecule has 2 rings (SSSR count). The molecular formula is C12H25N3O2S. The highest BCUT2D eigenvalue weighted by Gasteiger charge is 2.31. The van der Waals surface area contributed by atoms with E-state index in [2.05, 4.69) is 4.72 Å². The monoisotopic (exact) mass is 275 g/mol. The molecular weight excluding hydrogens is 250 g/mol. The van der Waals surface area contributed by atoms with Gasteiger partial charge < -0.3 is 5.73 Å². The lowest BCUT2D eigenvalue weighted by atomic mass is 10.1. The lowest BCUT2D eigenvalue weighted by Crippen LogP contribution is -2.49. The average Bonchev–Trinajstić information content (AvgIpc) is 2.73. The minimum atomic E-state index is -3.32. The molecule has 0 radical (unpaired) electrons. The molecule has 1 saturated carbocycles. The Labute approximate surface area is 110 Å². The molecule has 0 aromatic heterocycles. The Bertz CT molecular complexity index is 372. The first kappa shape index (κ1) is 14.2. The fourth-order valence-corrected chi connectivity index (χ4v) is 4.58. The number of hydrogen-bond acceptors (Lipinski definition) is 3. The standard InChI is InChI=1S/C12H25N3O2S/c1-10-5-2-3-8-15(10)18(16,17)14-9-11-6-4-7-12(11)13/h10-12,14H,2-9,13H2,1H3. The van der Waals surface area contributed by atoms with Gasteiger partial charge in [-0.05, 0) is 38.5 Å². The fraction of sp³-hybridized carbons (Fsp3) is 1.00. The molecule has 6 heteroatoms. The zero-order chi connectivity index (χ0) is 13.2. The molecule has 0 aromatic rings. The van der Waals surface area contributed by atoms with Crippen molar-refractivity contribution in [1.29, 1.82) is 0 Å². The third-order valence-corrected chi connectivity index (χ3v) is 5.99. The maximum atomic E-state index is 12.2. The molecule has 1 saturated heterocycles. The molecule has 0 spiro atoms.